The van der Waals surface area contributed by atoms with E-state index in [4.69, 9.17) is 0 Å². The molecule has 1 heteroatoms. The highest BCUT2D eigenvalue weighted by Gasteiger charge is 1.96. The van der Waals surface area contributed by atoms with Gasteiger partial charge in [-0.3, -0.25) is 0 Å². The van der Waals surface area contributed by atoms with Crippen LogP contribution in [0.4, 0.5) is 0 Å². The minimum Gasteiger partial charge on any atom is -0.0877 e. The average Bonchev–Trinajstić information content (AvgIpc) is 2.29. The maximum absolute atomic E-state index is 2.25. The van der Waals surface area contributed by atoms with Crippen molar-refractivity contribution in [2.75, 3.05) is 0 Å². The fourth-order valence-corrected chi connectivity index (χ4v) is 1.26. The van der Waals surface area contributed by atoms with Gasteiger partial charge in [-0.1, -0.05) is 85.7 Å². The SMILES string of the molecule is C[C](C)(C)[AlH2].c1ccc(-c2ccccc2)cc1. The highest BCUT2D eigenvalue weighted by molar-refractivity contribution is 6.14. The number of benzene rings is 2. The molecule has 2 aromatic rings. The van der Waals surface area contributed by atoms with Crippen LogP contribution < -0.4 is 0 Å². The van der Waals surface area contributed by atoms with Gasteiger partial charge in [0.15, 0.2) is 0 Å². The molecule has 0 nitrogen and oxygen atoms in total. The highest BCUT2D eigenvalue weighted by atomic mass is 27.0. The summed E-state index contributed by atoms with van der Waals surface area (Å²) in [7, 11) is 0. The molecule has 0 unspecified atom stereocenters. The van der Waals surface area contributed by atoms with Gasteiger partial charge in [-0.15, -0.1) is 0 Å². The van der Waals surface area contributed by atoms with E-state index in [1.54, 1.807) is 0 Å². The zero-order valence-electron chi connectivity index (χ0n) is 11.3. The summed E-state index contributed by atoms with van der Waals surface area (Å²) in [6.07, 6.45) is 0. The third kappa shape index (κ3) is 7.00. The molecular weight excluding hydrogens is 219 g/mol. The molecule has 0 aliphatic carbocycles. The Kier molecular flexibility index (Phi) is 5.49. The molecule has 0 aliphatic rings. The third-order valence-corrected chi connectivity index (χ3v) is 1.88. The monoisotopic (exact) mass is 240 g/mol. The molecule has 0 aromatic heterocycles. The molecule has 0 atom stereocenters. The van der Waals surface area contributed by atoms with Gasteiger partial charge in [0.05, 0.1) is 0 Å². The number of hydrogen-bond acceptors (Lipinski definition) is 0. The van der Waals surface area contributed by atoms with Crippen molar-refractivity contribution >= 4 is 16.3 Å². The summed E-state index contributed by atoms with van der Waals surface area (Å²) in [6, 6.07) is 20.8. The smallest absolute Gasteiger partial charge is 0.0877 e. The largest absolute Gasteiger partial charge is 0.220 e. The van der Waals surface area contributed by atoms with Crippen LogP contribution in [0.3, 0.4) is 0 Å². The minimum atomic E-state index is 0.639. The van der Waals surface area contributed by atoms with Gasteiger partial charge >= 0.3 is 0 Å². The van der Waals surface area contributed by atoms with E-state index >= 15 is 0 Å². The predicted molar refractivity (Wildman–Crippen MR) is 80.1 cm³/mol. The Balaban J connectivity index is 0.000000249. The summed E-state index contributed by atoms with van der Waals surface area (Å²) in [5, 5.41) is 0. The normalized spacial score (nSPS) is 10.3. The van der Waals surface area contributed by atoms with E-state index < -0.39 is 0 Å². The van der Waals surface area contributed by atoms with Gasteiger partial charge in [0.2, 0.25) is 16.3 Å². The first-order valence-electron chi connectivity index (χ1n) is 6.07. The lowest BCUT2D eigenvalue weighted by Crippen LogP contribution is -1.90. The van der Waals surface area contributed by atoms with Crippen LogP contribution in [0.15, 0.2) is 60.7 Å². The van der Waals surface area contributed by atoms with Crippen LogP contribution in [0.1, 0.15) is 20.8 Å². The molecule has 2 aromatic carbocycles. The van der Waals surface area contributed by atoms with Gasteiger partial charge in [-0.25, -0.2) is 0 Å². The molecule has 88 valence electrons. The van der Waals surface area contributed by atoms with E-state index in [1.165, 1.54) is 27.4 Å². The van der Waals surface area contributed by atoms with E-state index in [0.717, 1.165) is 0 Å². The van der Waals surface area contributed by atoms with E-state index in [2.05, 4.69) is 69.3 Å². The number of rotatable bonds is 1. The van der Waals surface area contributed by atoms with Crippen LogP contribution in [-0.4, -0.2) is 16.3 Å². The summed E-state index contributed by atoms with van der Waals surface area (Å²) in [6.45, 7) is 6.75. The molecule has 0 bridgehead atoms. The summed E-state index contributed by atoms with van der Waals surface area (Å²) in [5.74, 6) is 0. The molecule has 0 fully saturated rings. The van der Waals surface area contributed by atoms with Crippen LogP contribution in [-0.2, 0) is 0 Å². The van der Waals surface area contributed by atoms with Crippen LogP contribution >= 0.6 is 0 Å². The van der Waals surface area contributed by atoms with Crippen LogP contribution in [0.5, 0.6) is 0 Å². The molecule has 0 amide bonds. The van der Waals surface area contributed by atoms with Gasteiger partial charge in [0, 0.05) is 0 Å². The van der Waals surface area contributed by atoms with Crippen LogP contribution in [0, 0.1) is 0 Å². The van der Waals surface area contributed by atoms with Crippen molar-refractivity contribution in [1.82, 2.24) is 0 Å². The highest BCUT2D eigenvalue weighted by Crippen LogP contribution is 2.17. The van der Waals surface area contributed by atoms with Gasteiger partial charge < -0.3 is 0 Å². The standard InChI is InChI=1S/C12H10.C4H9.Al.2H/c1-3-7-11(8-4-1)12-9-5-2-6-10-12;1-4(2)3;;;/h1-10H;1-3H3;;;. The predicted octanol–water partition coefficient (Wildman–Crippen LogP) is 4.19. The van der Waals surface area contributed by atoms with E-state index in [1.807, 2.05) is 12.1 Å². The maximum Gasteiger partial charge on any atom is 0.220 e. The Hall–Kier alpha value is -1.03. The first-order valence-corrected chi connectivity index (χ1v) is 7.07. The van der Waals surface area contributed by atoms with Gasteiger partial charge in [-0.05, 0) is 11.1 Å². The Morgan fingerprint density at radius 1 is 0.647 bits per heavy atom. The molecule has 0 aliphatic heterocycles. The third-order valence-electron chi connectivity index (χ3n) is 1.88. The molecule has 2 rings (SSSR count). The lowest BCUT2D eigenvalue weighted by Gasteiger charge is -2.05. The molecule has 0 N–H and O–H groups in total. The quantitative estimate of drug-likeness (QED) is 0.656. The molecule has 0 saturated carbocycles. The summed E-state index contributed by atoms with van der Waals surface area (Å²) in [4.78, 5) is 0. The summed E-state index contributed by atoms with van der Waals surface area (Å²) in [5.41, 5.74) is 2.55. The Morgan fingerprint density at radius 3 is 1.12 bits per heavy atom. The second kappa shape index (κ2) is 6.65. The maximum atomic E-state index is 2.25. The Labute approximate surface area is 113 Å². The summed E-state index contributed by atoms with van der Waals surface area (Å²) < 4.78 is 0.639. The molecule has 0 heterocycles. The van der Waals surface area contributed by atoms with Crippen molar-refractivity contribution in [3.8, 4) is 11.1 Å². The van der Waals surface area contributed by atoms with Crippen molar-refractivity contribution < 1.29 is 0 Å². The van der Waals surface area contributed by atoms with Crippen molar-refractivity contribution in [1.29, 1.82) is 0 Å². The van der Waals surface area contributed by atoms with Crippen molar-refractivity contribution in [2.45, 2.75) is 25.0 Å². The van der Waals surface area contributed by atoms with Gasteiger partial charge in [-0.2, -0.15) is 0 Å². The lowest BCUT2D eigenvalue weighted by atomic mass is 10.1. The van der Waals surface area contributed by atoms with Gasteiger partial charge in [0.1, 0.15) is 0 Å². The van der Waals surface area contributed by atoms with E-state index in [9.17, 15) is 0 Å². The van der Waals surface area contributed by atoms with Crippen molar-refractivity contribution in [2.24, 2.45) is 0 Å². The zero-order valence-corrected chi connectivity index (χ0v) is 13.3. The topological polar surface area (TPSA) is 0 Å². The van der Waals surface area contributed by atoms with Crippen LogP contribution in [0.2, 0.25) is 4.28 Å². The second-order valence-corrected chi connectivity index (χ2v) is 8.73. The van der Waals surface area contributed by atoms with E-state index in [0.29, 0.717) is 4.28 Å². The molecule has 17 heavy (non-hydrogen) atoms. The summed E-state index contributed by atoms with van der Waals surface area (Å²) >= 11 is 1.31. The molecule has 0 radical (unpaired) electrons. The lowest BCUT2D eigenvalue weighted by molar-refractivity contribution is 0.767. The van der Waals surface area contributed by atoms with Crippen molar-refractivity contribution in [3.63, 3.8) is 0 Å². The fourth-order valence-electron chi connectivity index (χ4n) is 1.26. The van der Waals surface area contributed by atoms with Crippen molar-refractivity contribution in [3.05, 3.63) is 60.7 Å². The Morgan fingerprint density at radius 2 is 0.882 bits per heavy atom. The first-order chi connectivity index (χ1) is 7.97. The van der Waals surface area contributed by atoms with Gasteiger partial charge in [0.25, 0.3) is 0 Å². The Bertz CT molecular complexity index is 369. The first kappa shape index (κ1) is 14.0. The zero-order chi connectivity index (χ0) is 12.7. The average molecular weight is 240 g/mol. The van der Waals surface area contributed by atoms with E-state index in [-0.39, 0.29) is 0 Å². The second-order valence-electron chi connectivity index (χ2n) is 5.73. The van der Waals surface area contributed by atoms with Crippen LogP contribution in [0.25, 0.3) is 11.1 Å². The minimum absolute atomic E-state index is 0.639. The number of hydrogen-bond donors (Lipinski definition) is 0. The molecule has 0 saturated heterocycles. The molecular formula is C16H21Al. The molecule has 0 spiro atoms. The fraction of sp³-hybridized carbons (Fsp3) is 0.250.